The van der Waals surface area contributed by atoms with Gasteiger partial charge in [0.2, 0.25) is 0 Å². The second-order valence-electron chi connectivity index (χ2n) is 10.5. The lowest BCUT2D eigenvalue weighted by Crippen LogP contribution is -1.95. The molecular formula is C38H25N3. The van der Waals surface area contributed by atoms with Crippen LogP contribution in [0.15, 0.2) is 133 Å². The molecule has 0 aliphatic rings. The molecule has 0 saturated heterocycles. The van der Waals surface area contributed by atoms with Gasteiger partial charge in [0.15, 0.2) is 5.82 Å². The molecule has 0 aliphatic heterocycles. The Balaban J connectivity index is 1.32. The van der Waals surface area contributed by atoms with Gasteiger partial charge < -0.3 is 0 Å². The highest BCUT2D eigenvalue weighted by atomic mass is 14.9. The summed E-state index contributed by atoms with van der Waals surface area (Å²) in [6.45, 7) is 2.14. The first-order valence-electron chi connectivity index (χ1n) is 13.9. The van der Waals surface area contributed by atoms with Gasteiger partial charge in [0, 0.05) is 38.2 Å². The third kappa shape index (κ3) is 3.86. The van der Waals surface area contributed by atoms with Crippen molar-refractivity contribution in [2.75, 3.05) is 0 Å². The second-order valence-corrected chi connectivity index (χ2v) is 10.5. The van der Waals surface area contributed by atoms with Crippen molar-refractivity contribution in [2.45, 2.75) is 6.92 Å². The number of aromatic nitrogens is 3. The number of hydrogen-bond acceptors (Lipinski definition) is 3. The van der Waals surface area contributed by atoms with Crippen LogP contribution in [0.4, 0.5) is 0 Å². The lowest BCUT2D eigenvalue weighted by Gasteiger charge is -2.14. The molecule has 0 radical (unpaired) electrons. The summed E-state index contributed by atoms with van der Waals surface area (Å²) in [6.07, 6.45) is 0. The number of aryl methyl sites for hydroxylation is 1. The summed E-state index contributed by atoms with van der Waals surface area (Å²) in [5.74, 6) is 0.715. The Bertz CT molecular complexity index is 2250. The molecule has 0 fully saturated rings. The minimum absolute atomic E-state index is 0.715. The van der Waals surface area contributed by atoms with Gasteiger partial charge in [-0.15, -0.1) is 0 Å². The van der Waals surface area contributed by atoms with E-state index < -0.39 is 0 Å². The number of rotatable bonds is 3. The predicted molar refractivity (Wildman–Crippen MR) is 171 cm³/mol. The monoisotopic (exact) mass is 523 g/mol. The van der Waals surface area contributed by atoms with Crippen LogP contribution >= 0.6 is 0 Å². The van der Waals surface area contributed by atoms with Gasteiger partial charge in [-0.3, -0.25) is 0 Å². The van der Waals surface area contributed by atoms with Gasteiger partial charge in [-0.25, -0.2) is 15.0 Å². The zero-order chi connectivity index (χ0) is 27.3. The van der Waals surface area contributed by atoms with E-state index in [0.29, 0.717) is 5.82 Å². The van der Waals surface area contributed by atoms with Crippen molar-refractivity contribution >= 4 is 43.4 Å². The molecule has 0 N–H and O–H groups in total. The highest BCUT2D eigenvalue weighted by molar-refractivity contribution is 6.22. The highest BCUT2D eigenvalue weighted by Crippen LogP contribution is 2.38. The van der Waals surface area contributed by atoms with Crippen LogP contribution in [-0.4, -0.2) is 15.0 Å². The zero-order valence-corrected chi connectivity index (χ0v) is 22.5. The van der Waals surface area contributed by atoms with E-state index in [9.17, 15) is 0 Å². The predicted octanol–water partition coefficient (Wildman–Crippen LogP) is 9.79. The number of fused-ring (bicyclic) bond motifs is 6. The number of nitrogens with zero attached hydrogens (tertiary/aromatic N) is 3. The SMILES string of the molecule is Cc1cccc2c1nc(-c1ccc(-c3nc(-c4ccccc4)c4ccccc4n3)cc1)c1ccc3ccccc3c12. The molecule has 2 heterocycles. The van der Waals surface area contributed by atoms with Crippen molar-refractivity contribution in [3.05, 3.63) is 139 Å². The third-order valence-electron chi connectivity index (χ3n) is 7.98. The van der Waals surface area contributed by atoms with Gasteiger partial charge >= 0.3 is 0 Å². The van der Waals surface area contributed by atoms with E-state index in [0.717, 1.165) is 49.9 Å². The van der Waals surface area contributed by atoms with Crippen molar-refractivity contribution < 1.29 is 0 Å². The molecule has 8 rings (SSSR count). The van der Waals surface area contributed by atoms with Crippen molar-refractivity contribution in [2.24, 2.45) is 0 Å². The average molecular weight is 524 g/mol. The summed E-state index contributed by atoms with van der Waals surface area (Å²) in [5.41, 5.74) is 8.22. The summed E-state index contributed by atoms with van der Waals surface area (Å²) in [4.78, 5) is 15.2. The largest absolute Gasteiger partial charge is 0.247 e. The lowest BCUT2D eigenvalue weighted by molar-refractivity contribution is 1.23. The van der Waals surface area contributed by atoms with Gasteiger partial charge in [0.25, 0.3) is 0 Å². The molecule has 3 nitrogen and oxygen atoms in total. The van der Waals surface area contributed by atoms with Crippen LogP contribution < -0.4 is 0 Å². The van der Waals surface area contributed by atoms with E-state index in [1.807, 2.05) is 30.3 Å². The Labute approximate surface area is 237 Å². The Morgan fingerprint density at radius 1 is 0.415 bits per heavy atom. The van der Waals surface area contributed by atoms with E-state index >= 15 is 0 Å². The fourth-order valence-electron chi connectivity index (χ4n) is 5.96. The van der Waals surface area contributed by atoms with E-state index in [1.165, 1.54) is 27.1 Å². The first-order valence-corrected chi connectivity index (χ1v) is 13.9. The standard InChI is InChI=1S/C38H25N3/c1-24-10-9-16-31-34-29-14-6-5-11-25(29)22-23-32(34)37(40-35(24)31)27-18-20-28(21-19-27)38-39-33-17-8-7-15-30(33)36(41-38)26-12-3-2-4-13-26/h2-23H,1H3. The molecule has 0 bridgehead atoms. The van der Waals surface area contributed by atoms with Crippen LogP contribution in [0.25, 0.3) is 77.3 Å². The molecule has 0 spiro atoms. The van der Waals surface area contributed by atoms with Gasteiger partial charge in [-0.2, -0.15) is 0 Å². The molecule has 0 aliphatic carbocycles. The molecule has 3 heteroatoms. The average Bonchev–Trinajstić information content (AvgIpc) is 3.04. The van der Waals surface area contributed by atoms with Crippen LogP contribution in [0, 0.1) is 6.92 Å². The number of benzene rings is 6. The first kappa shape index (κ1) is 23.5. The van der Waals surface area contributed by atoms with Gasteiger partial charge in [0.1, 0.15) is 0 Å². The van der Waals surface area contributed by atoms with Crippen molar-refractivity contribution in [1.82, 2.24) is 15.0 Å². The molecule has 192 valence electrons. The molecule has 0 amide bonds. The number of pyridine rings is 1. The first-order chi connectivity index (χ1) is 20.2. The summed E-state index contributed by atoms with van der Waals surface area (Å²) in [6, 6.07) is 46.6. The van der Waals surface area contributed by atoms with Crippen molar-refractivity contribution in [1.29, 1.82) is 0 Å². The van der Waals surface area contributed by atoms with Gasteiger partial charge in [0.05, 0.1) is 22.4 Å². The normalized spacial score (nSPS) is 11.5. The Morgan fingerprint density at radius 2 is 1.07 bits per heavy atom. The Hall–Kier alpha value is -5.41. The molecule has 8 aromatic rings. The summed E-state index contributed by atoms with van der Waals surface area (Å²) < 4.78 is 0. The zero-order valence-electron chi connectivity index (χ0n) is 22.5. The van der Waals surface area contributed by atoms with Crippen molar-refractivity contribution in [3.8, 4) is 33.9 Å². The minimum atomic E-state index is 0.715. The topological polar surface area (TPSA) is 38.7 Å². The molecule has 2 aromatic heterocycles. The minimum Gasteiger partial charge on any atom is -0.247 e. The van der Waals surface area contributed by atoms with Gasteiger partial charge in [-0.05, 0) is 29.3 Å². The smallest absolute Gasteiger partial charge is 0.160 e. The second kappa shape index (κ2) is 9.35. The summed E-state index contributed by atoms with van der Waals surface area (Å²) >= 11 is 0. The van der Waals surface area contributed by atoms with E-state index in [2.05, 4.69) is 110 Å². The maximum Gasteiger partial charge on any atom is 0.160 e. The number of para-hydroxylation sites is 2. The highest BCUT2D eigenvalue weighted by Gasteiger charge is 2.15. The molecule has 0 saturated carbocycles. The maximum atomic E-state index is 5.25. The van der Waals surface area contributed by atoms with Crippen LogP contribution in [0.2, 0.25) is 0 Å². The fourth-order valence-corrected chi connectivity index (χ4v) is 5.96. The van der Waals surface area contributed by atoms with Crippen LogP contribution in [0.1, 0.15) is 5.56 Å². The number of hydrogen-bond donors (Lipinski definition) is 0. The van der Waals surface area contributed by atoms with Crippen LogP contribution in [0.5, 0.6) is 0 Å². The maximum absolute atomic E-state index is 5.25. The molecule has 41 heavy (non-hydrogen) atoms. The Morgan fingerprint density at radius 3 is 1.93 bits per heavy atom. The summed E-state index contributed by atoms with van der Waals surface area (Å²) in [5, 5.41) is 7.13. The van der Waals surface area contributed by atoms with Gasteiger partial charge in [-0.1, -0.05) is 127 Å². The quantitative estimate of drug-likeness (QED) is 0.216. The fraction of sp³-hybridized carbons (Fsp3) is 0.0263. The van der Waals surface area contributed by atoms with E-state index in [-0.39, 0.29) is 0 Å². The third-order valence-corrected chi connectivity index (χ3v) is 7.98. The molecule has 6 aromatic carbocycles. The lowest BCUT2D eigenvalue weighted by atomic mass is 9.94. The molecule has 0 unspecified atom stereocenters. The summed E-state index contributed by atoms with van der Waals surface area (Å²) in [7, 11) is 0. The van der Waals surface area contributed by atoms with Crippen molar-refractivity contribution in [3.63, 3.8) is 0 Å². The van der Waals surface area contributed by atoms with E-state index in [4.69, 9.17) is 15.0 Å². The van der Waals surface area contributed by atoms with Crippen LogP contribution in [0.3, 0.4) is 0 Å². The van der Waals surface area contributed by atoms with E-state index in [1.54, 1.807) is 0 Å². The Kier molecular flexibility index (Phi) is 5.36. The van der Waals surface area contributed by atoms with Crippen LogP contribution in [-0.2, 0) is 0 Å². The molecule has 0 atom stereocenters. The molecular weight excluding hydrogens is 498 g/mol.